The van der Waals surface area contributed by atoms with Crippen LogP contribution in [0.15, 0.2) is 53.3 Å². The summed E-state index contributed by atoms with van der Waals surface area (Å²) in [5.74, 6) is 1.04. The molecule has 0 atom stereocenters. The smallest absolute Gasteiger partial charge is 0.295 e. The molecule has 1 aromatic heterocycles. The van der Waals surface area contributed by atoms with Crippen LogP contribution in [0, 0.1) is 6.92 Å². The lowest BCUT2D eigenvalue weighted by molar-refractivity contribution is -0.116. The molecule has 0 unspecified atom stereocenters. The van der Waals surface area contributed by atoms with Crippen LogP contribution < -0.4 is 20.3 Å². The Morgan fingerprint density at radius 3 is 2.38 bits per heavy atom. The summed E-state index contributed by atoms with van der Waals surface area (Å²) >= 11 is 0. The Kier molecular flexibility index (Phi) is 6.07. The predicted molar refractivity (Wildman–Crippen MR) is 112 cm³/mol. The van der Waals surface area contributed by atoms with Gasteiger partial charge >= 0.3 is 0 Å². The zero-order valence-corrected chi connectivity index (χ0v) is 17.1. The zero-order chi connectivity index (χ0) is 21.0. The van der Waals surface area contributed by atoms with Crippen molar-refractivity contribution in [2.24, 2.45) is 7.05 Å². The van der Waals surface area contributed by atoms with Crippen molar-refractivity contribution in [3.63, 3.8) is 0 Å². The quantitative estimate of drug-likeness (QED) is 0.667. The Morgan fingerprint density at radius 1 is 1.03 bits per heavy atom. The van der Waals surface area contributed by atoms with Gasteiger partial charge in [0.15, 0.2) is 11.5 Å². The summed E-state index contributed by atoms with van der Waals surface area (Å²) in [6.07, 6.45) is 0.763. The van der Waals surface area contributed by atoms with Crippen molar-refractivity contribution in [2.45, 2.75) is 19.8 Å². The number of ether oxygens (including phenoxy) is 2. The highest BCUT2D eigenvalue weighted by Gasteiger charge is 2.18. The molecule has 0 aliphatic heterocycles. The average Bonchev–Trinajstić information content (AvgIpc) is 2.95. The highest BCUT2D eigenvalue weighted by atomic mass is 16.5. The molecule has 0 bridgehead atoms. The minimum Gasteiger partial charge on any atom is -0.493 e. The molecule has 152 valence electrons. The van der Waals surface area contributed by atoms with E-state index in [-0.39, 0.29) is 17.9 Å². The van der Waals surface area contributed by atoms with Gasteiger partial charge < -0.3 is 14.8 Å². The Bertz CT molecular complexity index is 1070. The molecule has 29 heavy (non-hydrogen) atoms. The molecular weight excluding hydrogens is 370 g/mol. The number of hydrogen-bond donors (Lipinski definition) is 1. The minimum absolute atomic E-state index is 0.217. The fourth-order valence-corrected chi connectivity index (χ4v) is 3.21. The highest BCUT2D eigenvalue weighted by Crippen LogP contribution is 2.28. The number of hydrogen-bond acceptors (Lipinski definition) is 4. The molecule has 3 aromatic rings. The lowest BCUT2D eigenvalue weighted by Crippen LogP contribution is -2.23. The summed E-state index contributed by atoms with van der Waals surface area (Å²) in [5, 5.41) is 2.78. The van der Waals surface area contributed by atoms with Crippen LogP contribution in [0.5, 0.6) is 11.5 Å². The third kappa shape index (κ3) is 4.18. The van der Waals surface area contributed by atoms with E-state index in [4.69, 9.17) is 9.47 Å². The van der Waals surface area contributed by atoms with Crippen LogP contribution in [0.4, 0.5) is 5.69 Å². The summed E-state index contributed by atoms with van der Waals surface area (Å²) < 4.78 is 13.8. The molecule has 1 amide bonds. The Balaban J connectivity index is 1.74. The zero-order valence-electron chi connectivity index (χ0n) is 17.1. The number of methoxy groups -OCH3 is 2. The van der Waals surface area contributed by atoms with Crippen LogP contribution in [-0.2, 0) is 18.3 Å². The summed E-state index contributed by atoms with van der Waals surface area (Å²) in [7, 11) is 4.95. The standard InChI is InChI=1S/C22H25N3O4/c1-15-21(22(27)25(24(15)2)17-8-6-5-7-9-17)23-20(26)13-11-16-10-12-18(28-3)19(14-16)29-4/h5-10,12,14H,11,13H2,1-4H3,(H,23,26). The normalized spacial score (nSPS) is 10.6. The average molecular weight is 395 g/mol. The van der Waals surface area contributed by atoms with E-state index in [1.807, 2.05) is 55.5 Å². The lowest BCUT2D eigenvalue weighted by atomic mass is 10.1. The Morgan fingerprint density at radius 2 is 1.72 bits per heavy atom. The van der Waals surface area contributed by atoms with Crippen molar-refractivity contribution in [3.05, 3.63) is 70.1 Å². The van der Waals surface area contributed by atoms with Gasteiger partial charge in [0.1, 0.15) is 5.69 Å². The first-order valence-electron chi connectivity index (χ1n) is 9.31. The Labute approximate surface area is 169 Å². The van der Waals surface area contributed by atoms with E-state index in [1.165, 1.54) is 0 Å². The van der Waals surface area contributed by atoms with Crippen LogP contribution in [0.1, 0.15) is 17.7 Å². The second-order valence-corrected chi connectivity index (χ2v) is 6.67. The van der Waals surface area contributed by atoms with E-state index < -0.39 is 0 Å². The number of carbonyl (C=O) groups is 1. The number of aryl methyl sites for hydroxylation is 1. The van der Waals surface area contributed by atoms with Gasteiger partial charge in [0, 0.05) is 13.5 Å². The van der Waals surface area contributed by atoms with Gasteiger partial charge in [0.2, 0.25) is 5.91 Å². The number of carbonyl (C=O) groups excluding carboxylic acids is 1. The molecule has 0 aliphatic rings. The second-order valence-electron chi connectivity index (χ2n) is 6.67. The SMILES string of the molecule is COc1ccc(CCC(=O)Nc2c(C)n(C)n(-c3ccccc3)c2=O)cc1OC. The molecule has 7 nitrogen and oxygen atoms in total. The van der Waals surface area contributed by atoms with Crippen molar-refractivity contribution >= 4 is 11.6 Å². The second kappa shape index (κ2) is 8.68. The highest BCUT2D eigenvalue weighted by molar-refractivity contribution is 5.91. The molecule has 1 N–H and O–H groups in total. The largest absolute Gasteiger partial charge is 0.493 e. The van der Waals surface area contributed by atoms with E-state index in [0.717, 1.165) is 11.3 Å². The van der Waals surface area contributed by atoms with Crippen molar-refractivity contribution in [1.82, 2.24) is 9.36 Å². The van der Waals surface area contributed by atoms with Gasteiger partial charge in [-0.15, -0.1) is 0 Å². The fraction of sp³-hybridized carbons (Fsp3) is 0.273. The maximum absolute atomic E-state index is 12.9. The third-order valence-corrected chi connectivity index (χ3v) is 4.91. The molecule has 0 spiro atoms. The number of aromatic nitrogens is 2. The summed E-state index contributed by atoms with van der Waals surface area (Å²) in [4.78, 5) is 25.4. The minimum atomic E-state index is -0.254. The number of nitrogens with zero attached hydrogens (tertiary/aromatic N) is 2. The van der Waals surface area contributed by atoms with Gasteiger partial charge in [-0.1, -0.05) is 24.3 Å². The molecule has 1 heterocycles. The number of benzene rings is 2. The van der Waals surface area contributed by atoms with Gasteiger partial charge in [-0.2, -0.15) is 0 Å². The lowest BCUT2D eigenvalue weighted by Gasteiger charge is -2.09. The van der Waals surface area contributed by atoms with Gasteiger partial charge in [-0.3, -0.25) is 14.3 Å². The van der Waals surface area contributed by atoms with Crippen molar-refractivity contribution < 1.29 is 14.3 Å². The molecule has 0 aliphatic carbocycles. The molecule has 0 saturated heterocycles. The Hall–Kier alpha value is -3.48. The van der Waals surface area contributed by atoms with Gasteiger partial charge in [-0.25, -0.2) is 4.68 Å². The first-order chi connectivity index (χ1) is 14.0. The fourth-order valence-electron chi connectivity index (χ4n) is 3.21. The van der Waals surface area contributed by atoms with Gasteiger partial charge in [0.05, 0.1) is 25.6 Å². The van der Waals surface area contributed by atoms with Crippen LogP contribution >= 0.6 is 0 Å². The summed E-state index contributed by atoms with van der Waals surface area (Å²) in [6.45, 7) is 1.81. The number of para-hydroxylation sites is 1. The van der Waals surface area contributed by atoms with Crippen LogP contribution in [0.3, 0.4) is 0 Å². The van der Waals surface area contributed by atoms with Gasteiger partial charge in [-0.05, 0) is 43.2 Å². The molecular formula is C22H25N3O4. The van der Waals surface area contributed by atoms with E-state index in [9.17, 15) is 9.59 Å². The van der Waals surface area contributed by atoms with E-state index in [1.54, 1.807) is 30.6 Å². The maximum atomic E-state index is 12.9. The van der Waals surface area contributed by atoms with Crippen LogP contribution in [0.25, 0.3) is 5.69 Å². The van der Waals surface area contributed by atoms with Crippen molar-refractivity contribution in [2.75, 3.05) is 19.5 Å². The number of rotatable bonds is 7. The van der Waals surface area contributed by atoms with Crippen molar-refractivity contribution in [3.8, 4) is 17.2 Å². The first kappa shape index (κ1) is 20.3. The van der Waals surface area contributed by atoms with E-state index >= 15 is 0 Å². The summed E-state index contributed by atoms with van der Waals surface area (Å²) in [5.41, 5.74) is 2.43. The van der Waals surface area contributed by atoms with E-state index in [2.05, 4.69) is 5.32 Å². The molecule has 2 aromatic carbocycles. The van der Waals surface area contributed by atoms with Crippen LogP contribution in [0.2, 0.25) is 0 Å². The molecule has 0 saturated carbocycles. The van der Waals surface area contributed by atoms with Crippen molar-refractivity contribution in [1.29, 1.82) is 0 Å². The van der Waals surface area contributed by atoms with Crippen LogP contribution in [-0.4, -0.2) is 29.5 Å². The van der Waals surface area contributed by atoms with E-state index in [0.29, 0.717) is 29.3 Å². The third-order valence-electron chi connectivity index (χ3n) is 4.91. The molecule has 3 rings (SSSR count). The predicted octanol–water partition coefficient (Wildman–Crippen LogP) is 3.07. The number of amides is 1. The molecule has 0 radical (unpaired) electrons. The van der Waals surface area contributed by atoms with Gasteiger partial charge in [0.25, 0.3) is 5.56 Å². The number of anilines is 1. The molecule has 7 heteroatoms. The topological polar surface area (TPSA) is 74.5 Å². The maximum Gasteiger partial charge on any atom is 0.295 e. The first-order valence-corrected chi connectivity index (χ1v) is 9.31. The number of nitrogens with one attached hydrogen (secondary N) is 1. The molecule has 0 fully saturated rings. The monoisotopic (exact) mass is 395 g/mol. The summed E-state index contributed by atoms with van der Waals surface area (Å²) in [6, 6.07) is 14.9.